The van der Waals surface area contributed by atoms with Gasteiger partial charge in [0.2, 0.25) is 11.8 Å². The number of ketones is 1. The number of anilines is 1. The topological polar surface area (TPSA) is 110 Å². The Morgan fingerprint density at radius 2 is 1.59 bits per heavy atom. The largest absolute Gasteiger partial charge is 0.497 e. The molecule has 3 aliphatic rings. The summed E-state index contributed by atoms with van der Waals surface area (Å²) in [5.41, 5.74) is 2.31. The van der Waals surface area contributed by atoms with Crippen molar-refractivity contribution in [2.75, 3.05) is 12.0 Å². The highest BCUT2D eigenvalue weighted by atomic mass is 16.6. The van der Waals surface area contributed by atoms with Crippen molar-refractivity contribution in [3.8, 4) is 5.75 Å². The summed E-state index contributed by atoms with van der Waals surface area (Å²) in [4.78, 5) is 55.1. The quantitative estimate of drug-likeness (QED) is 0.228. The first kappa shape index (κ1) is 22.7. The number of ether oxygens (including phenoxy) is 1. The molecule has 0 bridgehead atoms. The number of Topliss-reactive ketones (excluding diaryl/α,β-unsaturated/α-hetero) is 1. The number of carbonyl (C=O) groups excluding carboxylic acids is 3. The molecule has 9 nitrogen and oxygen atoms in total. The zero-order valence-corrected chi connectivity index (χ0v) is 19.7. The van der Waals surface area contributed by atoms with E-state index in [2.05, 4.69) is 0 Å². The molecule has 6 rings (SSSR count). The highest BCUT2D eigenvalue weighted by Gasteiger charge is 2.64. The van der Waals surface area contributed by atoms with Crippen LogP contribution in [0.4, 0.5) is 11.4 Å². The number of imide groups is 1. The van der Waals surface area contributed by atoms with E-state index in [-0.39, 0.29) is 17.2 Å². The summed E-state index contributed by atoms with van der Waals surface area (Å²) in [6.45, 7) is 0. The zero-order chi connectivity index (χ0) is 25.8. The van der Waals surface area contributed by atoms with Gasteiger partial charge in [-0.2, -0.15) is 0 Å². The highest BCUT2D eigenvalue weighted by Crippen LogP contribution is 2.53. The number of nitro benzene ring substituents is 1. The van der Waals surface area contributed by atoms with Crippen LogP contribution in [0.25, 0.3) is 6.08 Å². The Morgan fingerprint density at radius 3 is 2.27 bits per heavy atom. The zero-order valence-electron chi connectivity index (χ0n) is 19.7. The van der Waals surface area contributed by atoms with E-state index < -0.39 is 40.7 Å². The fraction of sp³-hybridized carbons (Fsp3) is 0.179. The molecule has 0 unspecified atom stereocenters. The molecule has 0 saturated carbocycles. The number of amides is 2. The molecule has 2 fully saturated rings. The molecule has 3 aliphatic heterocycles. The van der Waals surface area contributed by atoms with Gasteiger partial charge < -0.3 is 9.64 Å². The minimum Gasteiger partial charge on any atom is -0.497 e. The molecule has 0 spiro atoms. The number of nitrogens with zero attached hydrogens (tertiary/aromatic N) is 3. The van der Waals surface area contributed by atoms with Crippen molar-refractivity contribution in [3.63, 3.8) is 0 Å². The fourth-order valence-electron chi connectivity index (χ4n) is 5.76. The van der Waals surface area contributed by atoms with Gasteiger partial charge in [0.05, 0.1) is 35.6 Å². The molecule has 184 valence electrons. The van der Waals surface area contributed by atoms with Gasteiger partial charge in [-0.1, -0.05) is 24.3 Å². The lowest BCUT2D eigenvalue weighted by Crippen LogP contribution is -2.44. The number of fused-ring (bicyclic) bond motifs is 5. The summed E-state index contributed by atoms with van der Waals surface area (Å²) < 4.78 is 5.21. The van der Waals surface area contributed by atoms with Gasteiger partial charge in [0, 0.05) is 23.9 Å². The third-order valence-corrected chi connectivity index (χ3v) is 7.42. The van der Waals surface area contributed by atoms with Crippen LogP contribution in [0.2, 0.25) is 0 Å². The minimum absolute atomic E-state index is 0.145. The van der Waals surface area contributed by atoms with Crippen LogP contribution in [-0.2, 0) is 9.59 Å². The molecule has 3 heterocycles. The lowest BCUT2D eigenvalue weighted by Gasteiger charge is -2.35. The van der Waals surface area contributed by atoms with Crippen LogP contribution in [-0.4, -0.2) is 40.6 Å². The molecule has 3 aromatic carbocycles. The lowest BCUT2D eigenvalue weighted by atomic mass is 9.83. The summed E-state index contributed by atoms with van der Waals surface area (Å²) in [5.74, 6) is -2.29. The molecule has 4 atom stereocenters. The number of hydrogen-bond donors (Lipinski definition) is 0. The maximum atomic E-state index is 13.9. The minimum atomic E-state index is -0.918. The third-order valence-electron chi connectivity index (χ3n) is 7.42. The molecule has 0 aromatic heterocycles. The van der Waals surface area contributed by atoms with Crippen molar-refractivity contribution in [2.24, 2.45) is 11.8 Å². The van der Waals surface area contributed by atoms with E-state index in [0.717, 1.165) is 16.0 Å². The molecule has 0 N–H and O–H groups in total. The Kier molecular flexibility index (Phi) is 5.15. The summed E-state index contributed by atoms with van der Waals surface area (Å²) in [6.07, 6.45) is 3.69. The van der Waals surface area contributed by atoms with Gasteiger partial charge >= 0.3 is 0 Å². The molecule has 37 heavy (non-hydrogen) atoms. The first-order valence-electron chi connectivity index (χ1n) is 11.8. The predicted octanol–water partition coefficient (Wildman–Crippen LogP) is 4.00. The fourth-order valence-corrected chi connectivity index (χ4v) is 5.76. The molecule has 2 amide bonds. The van der Waals surface area contributed by atoms with Gasteiger partial charge in [0.25, 0.3) is 5.69 Å². The Hall–Kier alpha value is -4.79. The van der Waals surface area contributed by atoms with Crippen molar-refractivity contribution in [3.05, 3.63) is 106 Å². The monoisotopic (exact) mass is 495 g/mol. The number of benzene rings is 3. The van der Waals surface area contributed by atoms with E-state index in [1.165, 1.54) is 31.4 Å². The van der Waals surface area contributed by atoms with Gasteiger partial charge in [0.1, 0.15) is 11.8 Å². The molecule has 3 aromatic rings. The summed E-state index contributed by atoms with van der Waals surface area (Å²) in [5, 5.41) is 11.1. The Morgan fingerprint density at radius 1 is 0.919 bits per heavy atom. The van der Waals surface area contributed by atoms with E-state index >= 15 is 0 Å². The molecule has 0 aliphatic carbocycles. The van der Waals surface area contributed by atoms with Crippen molar-refractivity contribution in [2.45, 2.75) is 12.1 Å². The second-order valence-electron chi connectivity index (χ2n) is 9.21. The SMILES string of the molecule is COc1ccc(C(=O)[C@H]2[C@H]3C(=O)N(c4ccc([N+](=O)[O-])cc4)C(=O)[C@@H]3[C@H]3c4ccccc4C=CN32)cc1. The number of methoxy groups -OCH3 is 1. The predicted molar refractivity (Wildman–Crippen MR) is 134 cm³/mol. The van der Waals surface area contributed by atoms with E-state index in [4.69, 9.17) is 4.74 Å². The molecule has 2 saturated heterocycles. The second kappa shape index (κ2) is 8.41. The highest BCUT2D eigenvalue weighted by molar-refractivity contribution is 6.24. The van der Waals surface area contributed by atoms with E-state index in [1.807, 2.05) is 35.2 Å². The molecular weight excluding hydrogens is 474 g/mol. The molecule has 0 radical (unpaired) electrons. The average molecular weight is 495 g/mol. The second-order valence-corrected chi connectivity index (χ2v) is 9.21. The van der Waals surface area contributed by atoms with Crippen LogP contribution in [0, 0.1) is 22.0 Å². The van der Waals surface area contributed by atoms with E-state index in [0.29, 0.717) is 11.3 Å². The van der Waals surface area contributed by atoms with Crippen LogP contribution in [0.15, 0.2) is 79.0 Å². The number of carbonyl (C=O) groups is 3. The van der Waals surface area contributed by atoms with E-state index in [9.17, 15) is 24.5 Å². The van der Waals surface area contributed by atoms with Gasteiger partial charge in [-0.15, -0.1) is 0 Å². The van der Waals surface area contributed by atoms with Gasteiger partial charge in [0.15, 0.2) is 5.78 Å². The summed E-state index contributed by atoms with van der Waals surface area (Å²) >= 11 is 0. The first-order chi connectivity index (χ1) is 17.9. The van der Waals surface area contributed by atoms with Crippen LogP contribution < -0.4 is 9.64 Å². The molecule has 9 heteroatoms. The summed E-state index contributed by atoms with van der Waals surface area (Å²) in [7, 11) is 1.54. The Balaban J connectivity index is 1.45. The first-order valence-corrected chi connectivity index (χ1v) is 11.8. The van der Waals surface area contributed by atoms with Crippen LogP contribution in [0.1, 0.15) is 27.5 Å². The van der Waals surface area contributed by atoms with Crippen molar-refractivity contribution in [1.82, 2.24) is 4.90 Å². The van der Waals surface area contributed by atoms with Crippen molar-refractivity contribution >= 4 is 35.0 Å². The number of non-ortho nitro benzene ring substituents is 1. The van der Waals surface area contributed by atoms with E-state index in [1.54, 1.807) is 30.5 Å². The van der Waals surface area contributed by atoms with Crippen molar-refractivity contribution in [1.29, 1.82) is 0 Å². The maximum Gasteiger partial charge on any atom is 0.269 e. The number of nitro groups is 1. The third kappa shape index (κ3) is 3.35. The number of rotatable bonds is 5. The Bertz CT molecular complexity index is 1480. The van der Waals surface area contributed by atoms with Crippen LogP contribution >= 0.6 is 0 Å². The van der Waals surface area contributed by atoms with Gasteiger partial charge in [-0.3, -0.25) is 24.5 Å². The van der Waals surface area contributed by atoms with Gasteiger partial charge in [-0.25, -0.2) is 4.90 Å². The normalized spacial score (nSPS) is 23.5. The van der Waals surface area contributed by atoms with Crippen molar-refractivity contribution < 1.29 is 24.0 Å². The average Bonchev–Trinajstić information content (AvgIpc) is 3.40. The Labute approximate surface area is 211 Å². The lowest BCUT2D eigenvalue weighted by molar-refractivity contribution is -0.384. The number of hydrogen-bond acceptors (Lipinski definition) is 7. The smallest absolute Gasteiger partial charge is 0.269 e. The standard InChI is InChI=1S/C28H21N3O6/c1-37-20-12-6-17(7-13-20)26(32)25-23-22(24-21-5-3-2-4-16(21)14-15-29(24)25)27(33)30(28(23)34)18-8-10-19(11-9-18)31(35)36/h2-15,22-25H,1H3/t22-,23-,24+,25+/m0/s1. The maximum absolute atomic E-state index is 13.9. The van der Waals surface area contributed by atoms with Gasteiger partial charge in [-0.05, 0) is 53.6 Å². The summed E-state index contributed by atoms with van der Waals surface area (Å²) in [6, 6.07) is 18.2. The molecular formula is C28H21N3O6. The van der Waals surface area contributed by atoms with Crippen LogP contribution in [0.5, 0.6) is 5.75 Å². The van der Waals surface area contributed by atoms with Crippen LogP contribution in [0.3, 0.4) is 0 Å².